The van der Waals surface area contributed by atoms with Crippen molar-refractivity contribution in [2.45, 2.75) is 78.0 Å². The Balaban J connectivity index is 1.26. The van der Waals surface area contributed by atoms with Crippen molar-refractivity contribution in [3.8, 4) is 0 Å². The first-order chi connectivity index (χ1) is 17.7. The fourth-order valence-corrected chi connectivity index (χ4v) is 5.82. The Hall–Kier alpha value is -2.92. The van der Waals surface area contributed by atoms with E-state index in [1.54, 1.807) is 6.07 Å². The lowest BCUT2D eigenvalue weighted by molar-refractivity contribution is 0.00882. The van der Waals surface area contributed by atoms with Gasteiger partial charge in [-0.3, -0.25) is 14.8 Å². The van der Waals surface area contributed by atoms with Gasteiger partial charge >= 0.3 is 6.03 Å². The molecule has 2 fully saturated rings. The molecular weight excluding hydrogens is 474 g/mol. The zero-order valence-corrected chi connectivity index (χ0v) is 22.5. The fourth-order valence-electron chi connectivity index (χ4n) is 5.82. The molecule has 5 rings (SSSR count). The van der Waals surface area contributed by atoms with Crippen molar-refractivity contribution < 1.29 is 18.8 Å². The van der Waals surface area contributed by atoms with Crippen LogP contribution in [0.3, 0.4) is 0 Å². The summed E-state index contributed by atoms with van der Waals surface area (Å²) >= 11 is 0. The topological polar surface area (TPSA) is 120 Å². The Morgan fingerprint density at radius 1 is 1.19 bits per heavy atom. The first-order valence-corrected chi connectivity index (χ1v) is 13.4. The second-order valence-corrected chi connectivity index (χ2v) is 11.2. The summed E-state index contributed by atoms with van der Waals surface area (Å²) in [5.74, 6) is 1.35. The number of aromatic nitrogens is 3. The molecule has 3 aliphatic heterocycles. The van der Waals surface area contributed by atoms with E-state index in [2.05, 4.69) is 39.4 Å². The molecule has 0 unspecified atom stereocenters. The van der Waals surface area contributed by atoms with Gasteiger partial charge < -0.3 is 24.4 Å². The number of hydrogen-bond donors (Lipinski definition) is 2. The highest BCUT2D eigenvalue weighted by atomic mass is 16.5. The zero-order valence-electron chi connectivity index (χ0n) is 22.5. The van der Waals surface area contributed by atoms with E-state index in [1.165, 1.54) is 0 Å². The maximum atomic E-state index is 13.9. The van der Waals surface area contributed by atoms with E-state index in [-0.39, 0.29) is 23.7 Å². The third-order valence-electron chi connectivity index (χ3n) is 8.27. The Kier molecular flexibility index (Phi) is 7.01. The molecule has 2 N–H and O–H groups in total. The van der Waals surface area contributed by atoms with Gasteiger partial charge in [0.15, 0.2) is 11.5 Å². The van der Waals surface area contributed by atoms with Crippen LogP contribution in [0, 0.1) is 5.92 Å². The molecule has 3 amide bonds. The predicted octanol–water partition coefficient (Wildman–Crippen LogP) is 3.20. The number of hydrogen-bond acceptors (Lipinski definition) is 7. The average molecular weight is 514 g/mol. The Labute approximate surface area is 217 Å². The molecule has 11 nitrogen and oxygen atoms in total. The SMILES string of the molecule is CCc1cc(C(=O)Nc2n[nH]c3c2CN(C(=O)N2C[C@@H](C)N(CC4CCOCC4)C[C@@H]2C)C3(C)C)no1. The minimum absolute atomic E-state index is 0.0148. The van der Waals surface area contributed by atoms with Gasteiger partial charge in [0.25, 0.3) is 5.91 Å². The van der Waals surface area contributed by atoms with Crippen LogP contribution in [0.4, 0.5) is 10.6 Å². The van der Waals surface area contributed by atoms with Gasteiger partial charge in [0, 0.05) is 63.0 Å². The van der Waals surface area contributed by atoms with E-state index in [1.807, 2.05) is 30.6 Å². The van der Waals surface area contributed by atoms with Crippen LogP contribution in [0.15, 0.2) is 10.6 Å². The van der Waals surface area contributed by atoms with Gasteiger partial charge in [-0.25, -0.2) is 4.79 Å². The van der Waals surface area contributed by atoms with Crippen LogP contribution in [0.1, 0.15) is 75.0 Å². The monoisotopic (exact) mass is 513 g/mol. The van der Waals surface area contributed by atoms with Crippen LogP contribution in [0.5, 0.6) is 0 Å². The molecule has 0 aromatic carbocycles. The van der Waals surface area contributed by atoms with Gasteiger partial charge in [-0.15, -0.1) is 0 Å². The quantitative estimate of drug-likeness (QED) is 0.630. The van der Waals surface area contributed by atoms with Gasteiger partial charge in [-0.2, -0.15) is 5.10 Å². The van der Waals surface area contributed by atoms with Gasteiger partial charge in [0.05, 0.1) is 17.8 Å². The van der Waals surface area contributed by atoms with E-state index in [0.717, 1.165) is 50.4 Å². The van der Waals surface area contributed by atoms with Crippen molar-refractivity contribution in [2.24, 2.45) is 5.92 Å². The maximum absolute atomic E-state index is 13.9. The van der Waals surface area contributed by atoms with Gasteiger partial charge in [0.2, 0.25) is 0 Å². The van der Waals surface area contributed by atoms with Crippen molar-refractivity contribution in [2.75, 3.05) is 38.2 Å². The highest BCUT2D eigenvalue weighted by Gasteiger charge is 2.47. The summed E-state index contributed by atoms with van der Waals surface area (Å²) in [4.78, 5) is 33.1. The number of piperazine rings is 1. The van der Waals surface area contributed by atoms with Crippen LogP contribution in [0.25, 0.3) is 0 Å². The second-order valence-electron chi connectivity index (χ2n) is 11.2. The Bertz CT molecular complexity index is 1140. The number of nitrogens with zero attached hydrogens (tertiary/aromatic N) is 5. The lowest BCUT2D eigenvalue weighted by Gasteiger charge is -2.47. The number of carbonyl (C=O) groups excluding carboxylic acids is 2. The number of aromatic amines is 1. The smallest absolute Gasteiger partial charge is 0.321 e. The summed E-state index contributed by atoms with van der Waals surface area (Å²) in [7, 11) is 0. The minimum atomic E-state index is -0.589. The standard InChI is InChI=1S/C26H39N7O4/c1-6-19-11-21(30-37-19)24(34)27-23-20-15-33(26(4,5)22(20)28-29-23)25(35)32-13-16(2)31(12-17(32)3)14-18-7-9-36-10-8-18/h11,16-18H,6-10,12-15H2,1-5H3,(H2,27,28,29,34)/t16-,17+/m1/s1. The summed E-state index contributed by atoms with van der Waals surface area (Å²) in [5.41, 5.74) is 1.28. The summed E-state index contributed by atoms with van der Waals surface area (Å²) in [5, 5.41) is 14.1. The van der Waals surface area contributed by atoms with Crippen molar-refractivity contribution in [1.82, 2.24) is 30.1 Å². The van der Waals surface area contributed by atoms with Gasteiger partial charge in [-0.1, -0.05) is 12.1 Å². The van der Waals surface area contributed by atoms with Crippen LogP contribution in [-0.2, 0) is 23.2 Å². The maximum Gasteiger partial charge on any atom is 0.321 e. The van der Waals surface area contributed by atoms with Crippen LogP contribution < -0.4 is 5.32 Å². The molecule has 37 heavy (non-hydrogen) atoms. The number of fused-ring (bicyclic) bond motifs is 1. The van der Waals surface area contributed by atoms with Crippen LogP contribution in [0.2, 0.25) is 0 Å². The average Bonchev–Trinajstić information content (AvgIpc) is 3.58. The number of carbonyl (C=O) groups is 2. The van der Waals surface area contributed by atoms with Crippen molar-refractivity contribution in [3.05, 3.63) is 28.8 Å². The fraction of sp³-hybridized carbons (Fsp3) is 0.692. The Morgan fingerprint density at radius 3 is 2.65 bits per heavy atom. The third kappa shape index (κ3) is 4.86. The molecule has 2 saturated heterocycles. The summed E-state index contributed by atoms with van der Waals surface area (Å²) in [6.45, 7) is 15.0. The van der Waals surface area contributed by atoms with Crippen molar-refractivity contribution in [1.29, 1.82) is 0 Å². The highest BCUT2D eigenvalue weighted by molar-refractivity contribution is 6.02. The molecule has 2 aromatic rings. The van der Waals surface area contributed by atoms with E-state index in [9.17, 15) is 9.59 Å². The number of H-pyrrole nitrogens is 1. The lowest BCUT2D eigenvalue weighted by Crippen LogP contribution is -2.62. The van der Waals surface area contributed by atoms with Gasteiger partial charge in [-0.05, 0) is 46.5 Å². The molecule has 5 heterocycles. The first kappa shape index (κ1) is 25.7. The summed E-state index contributed by atoms with van der Waals surface area (Å²) in [6, 6.07) is 2.04. The number of anilines is 1. The molecule has 11 heteroatoms. The number of rotatable bonds is 5. The van der Waals surface area contributed by atoms with Crippen molar-refractivity contribution >= 4 is 17.8 Å². The van der Waals surface area contributed by atoms with Crippen LogP contribution in [-0.4, -0.2) is 86.9 Å². The van der Waals surface area contributed by atoms with E-state index < -0.39 is 5.54 Å². The molecule has 0 bridgehead atoms. The van der Waals surface area contributed by atoms with Crippen LogP contribution >= 0.6 is 0 Å². The number of nitrogens with one attached hydrogen (secondary N) is 2. The highest BCUT2D eigenvalue weighted by Crippen LogP contribution is 2.41. The third-order valence-corrected chi connectivity index (χ3v) is 8.27. The van der Waals surface area contributed by atoms with E-state index in [0.29, 0.717) is 43.0 Å². The molecule has 2 aromatic heterocycles. The summed E-state index contributed by atoms with van der Waals surface area (Å²) < 4.78 is 10.7. The first-order valence-electron chi connectivity index (χ1n) is 13.4. The summed E-state index contributed by atoms with van der Waals surface area (Å²) in [6.07, 6.45) is 2.89. The molecular formula is C26H39N7O4. The molecule has 0 aliphatic carbocycles. The Morgan fingerprint density at radius 2 is 1.95 bits per heavy atom. The normalized spacial score (nSPS) is 24.4. The number of ether oxygens (including phenoxy) is 1. The molecule has 2 atom stereocenters. The predicted molar refractivity (Wildman–Crippen MR) is 137 cm³/mol. The molecule has 0 spiro atoms. The zero-order chi connectivity index (χ0) is 26.3. The minimum Gasteiger partial charge on any atom is -0.381 e. The molecule has 0 radical (unpaired) electrons. The van der Waals surface area contributed by atoms with Crippen molar-refractivity contribution in [3.63, 3.8) is 0 Å². The number of aryl methyl sites for hydroxylation is 1. The largest absolute Gasteiger partial charge is 0.381 e. The van der Waals surface area contributed by atoms with E-state index in [4.69, 9.17) is 9.26 Å². The second kappa shape index (κ2) is 10.1. The molecule has 0 saturated carbocycles. The number of amides is 3. The van der Waals surface area contributed by atoms with E-state index >= 15 is 0 Å². The molecule has 3 aliphatic rings. The molecule has 202 valence electrons. The number of urea groups is 1. The lowest BCUT2D eigenvalue weighted by atomic mass is 9.97. The van der Waals surface area contributed by atoms with Gasteiger partial charge in [0.1, 0.15) is 5.76 Å².